The van der Waals surface area contributed by atoms with Crippen LogP contribution in [0.2, 0.25) is 0 Å². The SMILES string of the molecule is CCN1CCCCC1CN1CCCNCC1. The molecule has 0 radical (unpaired) electrons. The Balaban J connectivity index is 1.81. The van der Waals surface area contributed by atoms with Gasteiger partial charge >= 0.3 is 0 Å². The van der Waals surface area contributed by atoms with Crippen LogP contribution in [-0.2, 0) is 0 Å². The topological polar surface area (TPSA) is 18.5 Å². The Hall–Kier alpha value is -0.120. The third-order valence-electron chi connectivity index (χ3n) is 4.06. The van der Waals surface area contributed by atoms with Gasteiger partial charge < -0.3 is 10.2 Å². The van der Waals surface area contributed by atoms with Crippen molar-refractivity contribution < 1.29 is 0 Å². The predicted octanol–water partition coefficient (Wildman–Crippen LogP) is 1.16. The lowest BCUT2D eigenvalue weighted by molar-refractivity contribution is 0.112. The average Bonchev–Trinajstić information content (AvgIpc) is 2.58. The standard InChI is InChI=1S/C13H27N3/c1-2-16-10-4-3-6-13(16)12-15-9-5-7-14-8-11-15/h13-14H,2-12H2,1H3. The summed E-state index contributed by atoms with van der Waals surface area (Å²) in [5.74, 6) is 0. The lowest BCUT2D eigenvalue weighted by atomic mass is 10.0. The van der Waals surface area contributed by atoms with Gasteiger partial charge in [-0.05, 0) is 45.4 Å². The van der Waals surface area contributed by atoms with Gasteiger partial charge in [0.25, 0.3) is 0 Å². The fourth-order valence-corrected chi connectivity index (χ4v) is 3.07. The van der Waals surface area contributed by atoms with Gasteiger partial charge in [-0.3, -0.25) is 4.90 Å². The third kappa shape index (κ3) is 3.44. The smallest absolute Gasteiger partial charge is 0.0223 e. The van der Waals surface area contributed by atoms with Gasteiger partial charge in [-0.1, -0.05) is 13.3 Å². The molecule has 3 heteroatoms. The second-order valence-electron chi connectivity index (χ2n) is 5.18. The Labute approximate surface area is 100 Å². The molecule has 0 saturated carbocycles. The zero-order chi connectivity index (χ0) is 11.2. The van der Waals surface area contributed by atoms with E-state index in [1.807, 2.05) is 0 Å². The molecular weight excluding hydrogens is 198 g/mol. The lowest BCUT2D eigenvalue weighted by Crippen LogP contribution is -2.47. The van der Waals surface area contributed by atoms with E-state index in [4.69, 9.17) is 0 Å². The van der Waals surface area contributed by atoms with E-state index in [1.54, 1.807) is 0 Å². The van der Waals surface area contributed by atoms with E-state index >= 15 is 0 Å². The van der Waals surface area contributed by atoms with Gasteiger partial charge in [0.05, 0.1) is 0 Å². The first-order valence-corrected chi connectivity index (χ1v) is 7.07. The van der Waals surface area contributed by atoms with Crippen molar-refractivity contribution in [3.63, 3.8) is 0 Å². The summed E-state index contributed by atoms with van der Waals surface area (Å²) < 4.78 is 0. The van der Waals surface area contributed by atoms with Crippen LogP contribution in [0.15, 0.2) is 0 Å². The van der Waals surface area contributed by atoms with Gasteiger partial charge in [0, 0.05) is 25.7 Å². The van der Waals surface area contributed by atoms with Crippen molar-refractivity contribution in [2.75, 3.05) is 45.8 Å². The monoisotopic (exact) mass is 225 g/mol. The van der Waals surface area contributed by atoms with Crippen LogP contribution in [0.25, 0.3) is 0 Å². The van der Waals surface area contributed by atoms with E-state index in [1.165, 1.54) is 71.5 Å². The number of hydrogen-bond acceptors (Lipinski definition) is 3. The summed E-state index contributed by atoms with van der Waals surface area (Å²) in [5.41, 5.74) is 0. The van der Waals surface area contributed by atoms with E-state index in [0.717, 1.165) is 6.04 Å². The zero-order valence-electron chi connectivity index (χ0n) is 10.7. The molecule has 16 heavy (non-hydrogen) atoms. The van der Waals surface area contributed by atoms with Crippen molar-refractivity contribution in [1.29, 1.82) is 0 Å². The molecule has 0 aromatic carbocycles. The highest BCUT2D eigenvalue weighted by Crippen LogP contribution is 2.17. The zero-order valence-corrected chi connectivity index (χ0v) is 10.7. The number of rotatable bonds is 3. The molecule has 3 nitrogen and oxygen atoms in total. The number of likely N-dealkylation sites (N-methyl/N-ethyl adjacent to an activating group) is 1. The maximum Gasteiger partial charge on any atom is 0.0223 e. The van der Waals surface area contributed by atoms with Gasteiger partial charge in [0.2, 0.25) is 0 Å². The summed E-state index contributed by atoms with van der Waals surface area (Å²) in [7, 11) is 0. The quantitative estimate of drug-likeness (QED) is 0.777. The second-order valence-corrected chi connectivity index (χ2v) is 5.18. The van der Waals surface area contributed by atoms with Crippen molar-refractivity contribution in [2.24, 2.45) is 0 Å². The van der Waals surface area contributed by atoms with Crippen LogP contribution in [-0.4, -0.2) is 61.7 Å². The Morgan fingerprint density at radius 2 is 2.00 bits per heavy atom. The van der Waals surface area contributed by atoms with Crippen molar-refractivity contribution >= 4 is 0 Å². The fourth-order valence-electron chi connectivity index (χ4n) is 3.07. The Bertz CT molecular complexity index is 188. The first-order valence-electron chi connectivity index (χ1n) is 7.07. The average molecular weight is 225 g/mol. The molecule has 0 aliphatic carbocycles. The minimum Gasteiger partial charge on any atom is -0.315 e. The van der Waals surface area contributed by atoms with Crippen molar-refractivity contribution in [3.8, 4) is 0 Å². The van der Waals surface area contributed by atoms with Gasteiger partial charge in [-0.25, -0.2) is 0 Å². The van der Waals surface area contributed by atoms with Crippen LogP contribution >= 0.6 is 0 Å². The maximum absolute atomic E-state index is 3.48. The molecule has 1 atom stereocenters. The summed E-state index contributed by atoms with van der Waals surface area (Å²) in [4.78, 5) is 5.35. The molecule has 0 aromatic heterocycles. The fraction of sp³-hybridized carbons (Fsp3) is 1.00. The summed E-state index contributed by atoms with van der Waals surface area (Å²) in [6.45, 7) is 11.1. The van der Waals surface area contributed by atoms with E-state index in [2.05, 4.69) is 22.0 Å². The number of nitrogens with one attached hydrogen (secondary N) is 1. The minimum absolute atomic E-state index is 0.830. The van der Waals surface area contributed by atoms with Gasteiger partial charge in [0.1, 0.15) is 0 Å². The van der Waals surface area contributed by atoms with E-state index in [-0.39, 0.29) is 0 Å². The van der Waals surface area contributed by atoms with Crippen molar-refractivity contribution in [2.45, 2.75) is 38.6 Å². The summed E-state index contributed by atoms with van der Waals surface area (Å²) in [6.07, 6.45) is 5.58. The highest BCUT2D eigenvalue weighted by Gasteiger charge is 2.23. The highest BCUT2D eigenvalue weighted by atomic mass is 15.2. The number of likely N-dealkylation sites (tertiary alicyclic amines) is 1. The molecule has 1 N–H and O–H groups in total. The first-order chi connectivity index (χ1) is 7.90. The molecule has 1 unspecified atom stereocenters. The van der Waals surface area contributed by atoms with Crippen LogP contribution in [0.5, 0.6) is 0 Å². The van der Waals surface area contributed by atoms with E-state index in [9.17, 15) is 0 Å². The van der Waals surface area contributed by atoms with Crippen LogP contribution in [0, 0.1) is 0 Å². The number of hydrogen-bond donors (Lipinski definition) is 1. The third-order valence-corrected chi connectivity index (χ3v) is 4.06. The summed E-state index contributed by atoms with van der Waals surface area (Å²) in [6, 6.07) is 0.830. The number of piperidine rings is 1. The van der Waals surface area contributed by atoms with E-state index in [0.29, 0.717) is 0 Å². The van der Waals surface area contributed by atoms with Gasteiger partial charge in [-0.2, -0.15) is 0 Å². The molecule has 0 amide bonds. The molecule has 2 rings (SSSR count). The maximum atomic E-state index is 3.48. The molecular formula is C13H27N3. The Morgan fingerprint density at radius 1 is 1.06 bits per heavy atom. The molecule has 0 spiro atoms. The van der Waals surface area contributed by atoms with Crippen LogP contribution in [0.4, 0.5) is 0 Å². The Kier molecular flexibility index (Phi) is 5.07. The lowest BCUT2D eigenvalue weighted by Gasteiger charge is -2.37. The molecule has 2 fully saturated rings. The van der Waals surface area contributed by atoms with Crippen LogP contribution in [0.3, 0.4) is 0 Å². The van der Waals surface area contributed by atoms with Crippen LogP contribution in [0.1, 0.15) is 32.6 Å². The summed E-state index contributed by atoms with van der Waals surface area (Å²) >= 11 is 0. The molecule has 0 aromatic rings. The Morgan fingerprint density at radius 3 is 2.88 bits per heavy atom. The second kappa shape index (κ2) is 6.58. The van der Waals surface area contributed by atoms with E-state index < -0.39 is 0 Å². The first kappa shape index (κ1) is 12.3. The normalized spacial score (nSPS) is 30.2. The molecule has 2 aliphatic rings. The van der Waals surface area contributed by atoms with Crippen LogP contribution < -0.4 is 5.32 Å². The van der Waals surface area contributed by atoms with Crippen molar-refractivity contribution in [1.82, 2.24) is 15.1 Å². The molecule has 2 aliphatic heterocycles. The molecule has 0 bridgehead atoms. The molecule has 94 valence electrons. The minimum atomic E-state index is 0.830. The molecule has 2 heterocycles. The van der Waals surface area contributed by atoms with Gasteiger partial charge in [0.15, 0.2) is 0 Å². The largest absolute Gasteiger partial charge is 0.315 e. The number of nitrogens with zero attached hydrogens (tertiary/aromatic N) is 2. The van der Waals surface area contributed by atoms with Gasteiger partial charge in [-0.15, -0.1) is 0 Å². The summed E-state index contributed by atoms with van der Waals surface area (Å²) in [5, 5.41) is 3.48. The predicted molar refractivity (Wildman–Crippen MR) is 68.8 cm³/mol. The molecule has 2 saturated heterocycles. The van der Waals surface area contributed by atoms with Crippen molar-refractivity contribution in [3.05, 3.63) is 0 Å². The highest BCUT2D eigenvalue weighted by molar-refractivity contribution is 4.80.